The molecular formula is C41H67FN2O4. The smallest absolute Gasteiger partial charge is 0.253 e. The molecule has 0 spiro atoms. The van der Waals surface area contributed by atoms with Crippen molar-refractivity contribution in [2.45, 2.75) is 219 Å². The zero-order chi connectivity index (χ0) is 34.6. The average Bonchev–Trinajstić information content (AvgIpc) is 3.35. The van der Waals surface area contributed by atoms with Crippen LogP contribution in [-0.4, -0.2) is 46.5 Å². The number of hydrogen-bond donors (Lipinski definition) is 1. The molecule has 2 atom stereocenters. The first-order chi connectivity index (χ1) is 22.7. The lowest BCUT2D eigenvalue weighted by Crippen LogP contribution is -2.45. The van der Waals surface area contributed by atoms with Gasteiger partial charge in [0.1, 0.15) is 12.0 Å². The van der Waals surface area contributed by atoms with Crippen LogP contribution >= 0.6 is 0 Å². The van der Waals surface area contributed by atoms with Gasteiger partial charge in [-0.2, -0.15) is 0 Å². The molecule has 272 valence electrons. The van der Waals surface area contributed by atoms with E-state index in [2.05, 4.69) is 44.5 Å². The molecule has 4 fully saturated rings. The van der Waals surface area contributed by atoms with Gasteiger partial charge in [-0.25, -0.2) is 4.39 Å². The first-order valence-corrected chi connectivity index (χ1v) is 19.8. The second-order valence-electron chi connectivity index (χ2n) is 17.8. The molecule has 3 saturated carbocycles. The van der Waals surface area contributed by atoms with Crippen LogP contribution in [-0.2, 0) is 20.8 Å². The molecular weight excluding hydrogens is 603 g/mol. The molecule has 1 saturated heterocycles. The van der Waals surface area contributed by atoms with Gasteiger partial charge in [0.25, 0.3) is 5.91 Å². The maximum atomic E-state index is 14.6. The van der Waals surface area contributed by atoms with E-state index in [1.807, 2.05) is 13.8 Å². The van der Waals surface area contributed by atoms with Gasteiger partial charge in [-0.1, -0.05) is 73.1 Å². The van der Waals surface area contributed by atoms with Gasteiger partial charge in [-0.15, -0.1) is 0 Å². The normalized spacial score (nSPS) is 27.7. The third kappa shape index (κ3) is 9.74. The molecule has 1 aromatic rings. The predicted molar refractivity (Wildman–Crippen MR) is 192 cm³/mol. The second kappa shape index (κ2) is 16.1. The average molecular weight is 671 g/mol. The number of Topliss-reactive ketones (excluding diaryl/α,β-unsaturated/α-hetero) is 1. The van der Waals surface area contributed by atoms with Crippen molar-refractivity contribution < 1.29 is 23.5 Å². The largest absolute Gasteiger partial charge is 0.349 e. The number of hydrogen-bond acceptors (Lipinski definition) is 4. The van der Waals surface area contributed by atoms with E-state index >= 15 is 0 Å². The standard InChI is InChI=1S/C41H67FN2O4/c1-27(2)37-36(39(46)43-31-16-12-9-13-17-31)35(28-14-10-8-11-15-28)38(29-18-20-30(42)21-19-29)44(37)23-22-33-25-34(48-41(6,7)47-33)24-32(45)26-40(3,4)5/h27-31,33-34H,8-26H2,1-7H3,(H,43,46)/t29?,30?,33-,34+/m1/s1. The quantitative estimate of drug-likeness (QED) is 0.254. The summed E-state index contributed by atoms with van der Waals surface area (Å²) in [6, 6.07) is 0.245. The van der Waals surface area contributed by atoms with E-state index in [4.69, 9.17) is 9.47 Å². The number of carbonyl (C=O) groups is 2. The molecule has 2 heterocycles. The van der Waals surface area contributed by atoms with E-state index < -0.39 is 12.0 Å². The fraction of sp³-hybridized carbons (Fsp3) is 0.854. The summed E-state index contributed by atoms with van der Waals surface area (Å²) >= 11 is 0. The molecule has 48 heavy (non-hydrogen) atoms. The van der Waals surface area contributed by atoms with Crippen LogP contribution in [0, 0.1) is 5.41 Å². The van der Waals surface area contributed by atoms with Gasteiger partial charge >= 0.3 is 0 Å². The molecule has 0 radical (unpaired) electrons. The van der Waals surface area contributed by atoms with Gasteiger partial charge in [0.05, 0.1) is 17.8 Å². The fourth-order valence-electron chi connectivity index (χ4n) is 9.54. The highest BCUT2D eigenvalue weighted by molar-refractivity contribution is 5.98. The van der Waals surface area contributed by atoms with Gasteiger partial charge in [0, 0.05) is 43.2 Å². The van der Waals surface area contributed by atoms with E-state index in [1.54, 1.807) is 0 Å². The first-order valence-electron chi connectivity index (χ1n) is 19.8. The Kier molecular flexibility index (Phi) is 12.6. The summed E-state index contributed by atoms with van der Waals surface area (Å²) in [4.78, 5) is 27.6. The van der Waals surface area contributed by atoms with Crippen LogP contribution in [0.3, 0.4) is 0 Å². The number of aromatic nitrogens is 1. The Morgan fingerprint density at radius 2 is 1.48 bits per heavy atom. The number of nitrogens with one attached hydrogen (secondary N) is 1. The van der Waals surface area contributed by atoms with Crippen molar-refractivity contribution in [3.63, 3.8) is 0 Å². The van der Waals surface area contributed by atoms with Gasteiger partial charge in [0.15, 0.2) is 5.79 Å². The monoisotopic (exact) mass is 671 g/mol. The van der Waals surface area contributed by atoms with Crippen LogP contribution in [0.4, 0.5) is 4.39 Å². The molecule has 1 N–H and O–H groups in total. The van der Waals surface area contributed by atoms with E-state index in [-0.39, 0.29) is 47.2 Å². The van der Waals surface area contributed by atoms with Gasteiger partial charge in [0.2, 0.25) is 0 Å². The summed E-state index contributed by atoms with van der Waals surface area (Å²) in [5.41, 5.74) is 4.68. The number of ether oxygens (including phenoxy) is 2. The van der Waals surface area contributed by atoms with E-state index in [0.29, 0.717) is 38.0 Å². The molecule has 0 aromatic carbocycles. The second-order valence-corrected chi connectivity index (χ2v) is 17.8. The summed E-state index contributed by atoms with van der Waals surface area (Å²) in [5, 5.41) is 3.53. The molecule has 1 aromatic heterocycles. The Morgan fingerprint density at radius 1 is 0.875 bits per heavy atom. The zero-order valence-electron chi connectivity index (χ0n) is 31.4. The minimum atomic E-state index is -0.770. The SMILES string of the molecule is CC(C)c1c(C(=O)NC2CCCCC2)c(C2CCCCC2)c(C2CCC(F)CC2)n1CC[C@@H]1C[C@H](CC(=O)CC(C)(C)C)OC(C)(C)O1. The Balaban J connectivity index is 1.50. The number of nitrogens with zero attached hydrogens (tertiary/aromatic N) is 1. The summed E-state index contributed by atoms with van der Waals surface area (Å²) in [6.45, 7) is 15.5. The Labute approximate surface area is 291 Å². The lowest BCUT2D eigenvalue weighted by atomic mass is 9.77. The Morgan fingerprint density at radius 3 is 2.08 bits per heavy atom. The molecule has 1 amide bonds. The predicted octanol–water partition coefficient (Wildman–Crippen LogP) is 10.4. The molecule has 3 aliphatic carbocycles. The molecule has 0 bridgehead atoms. The third-order valence-corrected chi connectivity index (χ3v) is 11.4. The highest BCUT2D eigenvalue weighted by atomic mass is 19.1. The van der Waals surface area contributed by atoms with E-state index in [9.17, 15) is 14.0 Å². The topological polar surface area (TPSA) is 69.6 Å². The lowest BCUT2D eigenvalue weighted by molar-refractivity contribution is -0.300. The van der Waals surface area contributed by atoms with Crippen molar-refractivity contribution in [1.29, 1.82) is 0 Å². The van der Waals surface area contributed by atoms with Crippen LogP contribution in [0.15, 0.2) is 0 Å². The summed E-state index contributed by atoms with van der Waals surface area (Å²) in [6.07, 6.45) is 16.0. The maximum absolute atomic E-state index is 14.6. The van der Waals surface area contributed by atoms with Crippen LogP contribution in [0.5, 0.6) is 0 Å². The number of alkyl halides is 1. The van der Waals surface area contributed by atoms with Crippen molar-refractivity contribution in [3.8, 4) is 0 Å². The van der Waals surface area contributed by atoms with E-state index in [1.165, 1.54) is 49.8 Å². The third-order valence-electron chi connectivity index (χ3n) is 11.4. The number of amides is 1. The molecule has 5 rings (SSSR count). The highest BCUT2D eigenvalue weighted by Gasteiger charge is 2.40. The van der Waals surface area contributed by atoms with Crippen LogP contribution < -0.4 is 5.32 Å². The van der Waals surface area contributed by atoms with Crippen molar-refractivity contribution in [2.24, 2.45) is 5.41 Å². The number of rotatable bonds is 11. The Hall–Kier alpha value is -1.73. The molecule has 7 heteroatoms. The van der Waals surface area contributed by atoms with Gasteiger partial charge < -0.3 is 19.4 Å². The highest BCUT2D eigenvalue weighted by Crippen LogP contribution is 2.47. The molecule has 0 unspecified atom stereocenters. The minimum absolute atomic E-state index is 0.0481. The fourth-order valence-corrected chi connectivity index (χ4v) is 9.54. The zero-order valence-corrected chi connectivity index (χ0v) is 31.4. The summed E-state index contributed by atoms with van der Waals surface area (Å²) in [5.74, 6) is 0.393. The minimum Gasteiger partial charge on any atom is -0.349 e. The molecule has 4 aliphatic rings. The van der Waals surface area contributed by atoms with Crippen molar-refractivity contribution in [3.05, 3.63) is 22.5 Å². The van der Waals surface area contributed by atoms with Crippen molar-refractivity contribution in [2.75, 3.05) is 0 Å². The summed E-state index contributed by atoms with van der Waals surface area (Å²) in [7, 11) is 0. The van der Waals surface area contributed by atoms with Crippen LogP contribution in [0.25, 0.3) is 0 Å². The number of carbonyl (C=O) groups excluding carboxylic acids is 2. The first kappa shape index (κ1) is 37.5. The van der Waals surface area contributed by atoms with Crippen LogP contribution in [0.1, 0.15) is 209 Å². The van der Waals surface area contributed by atoms with Gasteiger partial charge in [-0.05, 0) is 100 Å². The maximum Gasteiger partial charge on any atom is 0.253 e. The van der Waals surface area contributed by atoms with Crippen LogP contribution in [0.2, 0.25) is 0 Å². The number of ketones is 1. The summed E-state index contributed by atoms with van der Waals surface area (Å²) < 4.78 is 29.9. The molecule has 1 aliphatic heterocycles. The van der Waals surface area contributed by atoms with Crippen molar-refractivity contribution >= 4 is 11.7 Å². The lowest BCUT2D eigenvalue weighted by Gasteiger charge is -2.41. The Bertz CT molecular complexity index is 1230. The van der Waals surface area contributed by atoms with Gasteiger partial charge in [-0.3, -0.25) is 9.59 Å². The van der Waals surface area contributed by atoms with Crippen molar-refractivity contribution in [1.82, 2.24) is 9.88 Å². The molecule has 6 nitrogen and oxygen atoms in total. The number of halogens is 1. The van der Waals surface area contributed by atoms with E-state index in [0.717, 1.165) is 62.7 Å².